The molecule has 8 nitrogen and oxygen atoms in total. The predicted octanol–water partition coefficient (Wildman–Crippen LogP) is 4.29. The summed E-state index contributed by atoms with van der Waals surface area (Å²) in [6, 6.07) is 8.29. The molecule has 1 heterocycles. The van der Waals surface area contributed by atoms with Crippen LogP contribution in [0.4, 0.5) is 15.8 Å². The van der Waals surface area contributed by atoms with Crippen molar-refractivity contribution in [3.63, 3.8) is 0 Å². The van der Waals surface area contributed by atoms with E-state index in [1.165, 1.54) is 30.3 Å². The molecule has 0 spiro atoms. The molecule has 1 aliphatic rings. The SMILES string of the molecule is O=C(CCCCCN1C(=O)c2cccc([N+](=O)[O-])c2C1=O)Nc1ccc(Br)cc1F. The van der Waals surface area contributed by atoms with Gasteiger partial charge in [-0.15, -0.1) is 0 Å². The predicted molar refractivity (Wildman–Crippen MR) is 110 cm³/mol. The summed E-state index contributed by atoms with van der Waals surface area (Å²) in [6.07, 6.45) is 1.63. The van der Waals surface area contributed by atoms with E-state index in [1.54, 1.807) is 6.07 Å². The van der Waals surface area contributed by atoms with Crippen molar-refractivity contribution in [3.05, 3.63) is 67.9 Å². The van der Waals surface area contributed by atoms with E-state index in [0.29, 0.717) is 23.7 Å². The largest absolute Gasteiger partial charge is 0.324 e. The molecule has 0 aromatic heterocycles. The Balaban J connectivity index is 1.47. The molecule has 3 rings (SSSR count). The quantitative estimate of drug-likeness (QED) is 0.264. The van der Waals surface area contributed by atoms with Gasteiger partial charge in [0.2, 0.25) is 5.91 Å². The lowest BCUT2D eigenvalue weighted by Crippen LogP contribution is -2.30. The number of hydrogen-bond donors (Lipinski definition) is 1. The molecular weight excluding hydrogens is 461 g/mol. The number of nitrogens with one attached hydrogen (secondary N) is 1. The zero-order valence-corrected chi connectivity index (χ0v) is 17.3. The summed E-state index contributed by atoms with van der Waals surface area (Å²) in [7, 11) is 0. The third kappa shape index (κ3) is 4.54. The van der Waals surface area contributed by atoms with Gasteiger partial charge in [0.15, 0.2) is 0 Å². The zero-order chi connectivity index (χ0) is 21.8. The summed E-state index contributed by atoms with van der Waals surface area (Å²) < 4.78 is 14.3. The highest BCUT2D eigenvalue weighted by atomic mass is 79.9. The highest BCUT2D eigenvalue weighted by Crippen LogP contribution is 2.30. The van der Waals surface area contributed by atoms with Gasteiger partial charge in [0.05, 0.1) is 16.2 Å². The van der Waals surface area contributed by atoms with Crippen LogP contribution in [0, 0.1) is 15.9 Å². The fraction of sp³-hybridized carbons (Fsp3) is 0.250. The van der Waals surface area contributed by atoms with E-state index in [4.69, 9.17) is 0 Å². The smallest absolute Gasteiger partial charge is 0.282 e. The zero-order valence-electron chi connectivity index (χ0n) is 15.7. The van der Waals surface area contributed by atoms with Crippen LogP contribution in [0.1, 0.15) is 46.4 Å². The minimum Gasteiger partial charge on any atom is -0.324 e. The highest BCUT2D eigenvalue weighted by Gasteiger charge is 2.40. The van der Waals surface area contributed by atoms with Crippen LogP contribution in [-0.2, 0) is 4.79 Å². The van der Waals surface area contributed by atoms with Crippen LogP contribution < -0.4 is 5.32 Å². The molecule has 0 bridgehead atoms. The van der Waals surface area contributed by atoms with Gasteiger partial charge in [-0.2, -0.15) is 0 Å². The maximum atomic E-state index is 13.7. The molecule has 0 atom stereocenters. The Morgan fingerprint density at radius 1 is 1.13 bits per heavy atom. The maximum Gasteiger partial charge on any atom is 0.282 e. The topological polar surface area (TPSA) is 110 Å². The second kappa shape index (κ2) is 9.12. The van der Waals surface area contributed by atoms with Gasteiger partial charge < -0.3 is 5.32 Å². The molecule has 0 unspecified atom stereocenters. The van der Waals surface area contributed by atoms with Crippen molar-refractivity contribution >= 4 is 45.0 Å². The lowest BCUT2D eigenvalue weighted by Gasteiger charge is -2.13. The Bertz CT molecular complexity index is 1040. The van der Waals surface area contributed by atoms with Crippen molar-refractivity contribution in [2.45, 2.75) is 25.7 Å². The van der Waals surface area contributed by atoms with Crippen molar-refractivity contribution < 1.29 is 23.7 Å². The van der Waals surface area contributed by atoms with Crippen molar-refractivity contribution in [2.75, 3.05) is 11.9 Å². The van der Waals surface area contributed by atoms with Gasteiger partial charge in [0, 0.05) is 23.5 Å². The van der Waals surface area contributed by atoms with Crippen molar-refractivity contribution in [1.82, 2.24) is 4.90 Å². The number of nitro benzene ring substituents is 1. The Morgan fingerprint density at radius 2 is 1.90 bits per heavy atom. The summed E-state index contributed by atoms with van der Waals surface area (Å²) in [5.41, 5.74) is -0.436. The molecule has 30 heavy (non-hydrogen) atoms. The Hall–Kier alpha value is -3.14. The van der Waals surface area contributed by atoms with Gasteiger partial charge in [-0.3, -0.25) is 29.4 Å². The van der Waals surface area contributed by atoms with Crippen LogP contribution >= 0.6 is 15.9 Å². The first-order valence-electron chi connectivity index (χ1n) is 9.18. The van der Waals surface area contributed by atoms with Gasteiger partial charge in [0.1, 0.15) is 11.4 Å². The van der Waals surface area contributed by atoms with Gasteiger partial charge in [-0.1, -0.05) is 28.4 Å². The van der Waals surface area contributed by atoms with Crippen LogP contribution in [0.5, 0.6) is 0 Å². The van der Waals surface area contributed by atoms with E-state index < -0.39 is 22.6 Å². The number of hydrogen-bond acceptors (Lipinski definition) is 5. The van der Waals surface area contributed by atoms with Gasteiger partial charge in [0.25, 0.3) is 17.5 Å². The lowest BCUT2D eigenvalue weighted by atomic mass is 10.1. The fourth-order valence-electron chi connectivity index (χ4n) is 3.21. The van der Waals surface area contributed by atoms with Crippen LogP contribution in [0.15, 0.2) is 40.9 Å². The number of carbonyl (C=O) groups is 3. The highest BCUT2D eigenvalue weighted by molar-refractivity contribution is 9.10. The second-order valence-corrected chi connectivity index (χ2v) is 7.62. The number of anilines is 1. The van der Waals surface area contributed by atoms with E-state index in [9.17, 15) is 28.9 Å². The molecule has 0 saturated heterocycles. The van der Waals surface area contributed by atoms with Crippen molar-refractivity contribution in [1.29, 1.82) is 0 Å². The number of imide groups is 1. The van der Waals surface area contributed by atoms with E-state index in [-0.39, 0.29) is 41.4 Å². The number of benzene rings is 2. The molecule has 0 aliphatic carbocycles. The van der Waals surface area contributed by atoms with Crippen LogP contribution in [0.2, 0.25) is 0 Å². The van der Waals surface area contributed by atoms with Gasteiger partial charge in [-0.25, -0.2) is 4.39 Å². The first kappa shape index (κ1) is 21.6. The standard InChI is InChI=1S/C20H17BrFN3O5/c21-12-8-9-15(14(22)11-12)23-17(26)7-2-1-3-10-24-19(27)13-5-4-6-16(25(29)30)18(13)20(24)28/h4-6,8-9,11H,1-3,7,10H2,(H,23,26). The fourth-order valence-corrected chi connectivity index (χ4v) is 3.54. The average Bonchev–Trinajstić information content (AvgIpc) is 2.94. The van der Waals surface area contributed by atoms with Gasteiger partial charge >= 0.3 is 0 Å². The minimum atomic E-state index is -0.680. The number of nitrogens with zero attached hydrogens (tertiary/aromatic N) is 2. The molecule has 2 aromatic carbocycles. The van der Waals surface area contributed by atoms with Crippen LogP contribution in [0.3, 0.4) is 0 Å². The number of carbonyl (C=O) groups excluding carboxylic acids is 3. The normalized spacial score (nSPS) is 12.8. The molecule has 1 N–H and O–H groups in total. The first-order chi connectivity index (χ1) is 14.3. The van der Waals surface area contributed by atoms with Crippen LogP contribution in [0.25, 0.3) is 0 Å². The van der Waals surface area contributed by atoms with E-state index in [1.807, 2.05) is 0 Å². The Morgan fingerprint density at radius 3 is 2.60 bits per heavy atom. The molecule has 2 aromatic rings. The lowest BCUT2D eigenvalue weighted by molar-refractivity contribution is -0.385. The van der Waals surface area contributed by atoms with Crippen LogP contribution in [-0.4, -0.2) is 34.1 Å². The van der Waals surface area contributed by atoms with E-state index in [0.717, 1.165) is 4.90 Å². The summed E-state index contributed by atoms with van der Waals surface area (Å²) in [5, 5.41) is 13.6. The summed E-state index contributed by atoms with van der Waals surface area (Å²) in [5.74, 6) is -2.11. The monoisotopic (exact) mass is 477 g/mol. The van der Waals surface area contributed by atoms with Gasteiger partial charge in [-0.05, 0) is 37.1 Å². The molecule has 156 valence electrons. The second-order valence-electron chi connectivity index (χ2n) is 6.70. The summed E-state index contributed by atoms with van der Waals surface area (Å²) in [6.45, 7) is 0.104. The molecular formula is C20H17BrFN3O5. The first-order valence-corrected chi connectivity index (χ1v) is 9.97. The number of fused-ring (bicyclic) bond motifs is 1. The number of nitro groups is 1. The molecule has 3 amide bonds. The van der Waals surface area contributed by atoms with E-state index in [2.05, 4.69) is 21.2 Å². The minimum absolute atomic E-state index is 0.0325. The molecule has 1 aliphatic heterocycles. The Kier molecular flexibility index (Phi) is 6.56. The number of amides is 3. The van der Waals surface area contributed by atoms with Crippen molar-refractivity contribution in [2.24, 2.45) is 0 Å². The molecule has 0 saturated carbocycles. The summed E-state index contributed by atoms with van der Waals surface area (Å²) in [4.78, 5) is 48.2. The maximum absolute atomic E-state index is 13.7. The third-order valence-corrected chi connectivity index (χ3v) is 5.16. The number of unbranched alkanes of at least 4 members (excludes halogenated alkanes) is 2. The van der Waals surface area contributed by atoms with Crippen molar-refractivity contribution in [3.8, 4) is 0 Å². The average molecular weight is 478 g/mol. The molecule has 0 radical (unpaired) electrons. The third-order valence-electron chi connectivity index (χ3n) is 4.66. The summed E-state index contributed by atoms with van der Waals surface area (Å²) >= 11 is 3.14. The van der Waals surface area contributed by atoms with E-state index >= 15 is 0 Å². The molecule has 10 heteroatoms. The molecule has 0 fully saturated rings. The number of halogens is 2. The Labute approximate surface area is 179 Å². The number of rotatable bonds is 8.